The number of aldehydes is 1. The van der Waals surface area contributed by atoms with Gasteiger partial charge in [0.2, 0.25) is 0 Å². The lowest BCUT2D eigenvalue weighted by molar-refractivity contribution is 0.112. The SMILES string of the molecule is CC(C)(C)c1ccc2sc(Br)c(C=O)c2c1. The van der Waals surface area contributed by atoms with Crippen LogP contribution in [0.1, 0.15) is 36.7 Å². The molecule has 0 atom stereocenters. The molecule has 1 nitrogen and oxygen atoms in total. The monoisotopic (exact) mass is 296 g/mol. The number of carbonyl (C=O) groups is 1. The van der Waals surface area contributed by atoms with E-state index in [4.69, 9.17) is 0 Å². The van der Waals surface area contributed by atoms with Gasteiger partial charge in [0.25, 0.3) is 0 Å². The third kappa shape index (κ3) is 1.94. The van der Waals surface area contributed by atoms with Gasteiger partial charge in [0.15, 0.2) is 6.29 Å². The number of halogens is 1. The molecule has 0 N–H and O–H groups in total. The lowest BCUT2D eigenvalue weighted by Crippen LogP contribution is -2.10. The number of fused-ring (bicyclic) bond motifs is 1. The molecule has 0 saturated carbocycles. The van der Waals surface area contributed by atoms with Gasteiger partial charge >= 0.3 is 0 Å². The Hall–Kier alpha value is -0.670. The molecule has 0 spiro atoms. The highest BCUT2D eigenvalue weighted by Crippen LogP contribution is 2.36. The van der Waals surface area contributed by atoms with Crippen molar-refractivity contribution in [1.29, 1.82) is 0 Å². The predicted molar refractivity (Wildman–Crippen MR) is 73.6 cm³/mol. The molecule has 0 bridgehead atoms. The number of benzene rings is 1. The average Bonchev–Trinajstić information content (AvgIpc) is 2.50. The van der Waals surface area contributed by atoms with E-state index in [0.29, 0.717) is 0 Å². The number of carbonyl (C=O) groups excluding carboxylic acids is 1. The summed E-state index contributed by atoms with van der Waals surface area (Å²) >= 11 is 5.04. The highest BCUT2D eigenvalue weighted by Gasteiger charge is 2.16. The summed E-state index contributed by atoms with van der Waals surface area (Å²) in [6.45, 7) is 6.53. The van der Waals surface area contributed by atoms with Crippen LogP contribution >= 0.6 is 27.3 Å². The number of thiophene rings is 1. The third-order valence-electron chi connectivity index (χ3n) is 2.66. The predicted octanol–water partition coefficient (Wildman–Crippen LogP) is 4.77. The molecule has 0 aliphatic heterocycles. The van der Waals surface area contributed by atoms with E-state index in [9.17, 15) is 4.79 Å². The van der Waals surface area contributed by atoms with Crippen molar-refractivity contribution in [2.24, 2.45) is 0 Å². The Morgan fingerprint density at radius 1 is 1.31 bits per heavy atom. The van der Waals surface area contributed by atoms with Crippen LogP contribution in [-0.2, 0) is 5.41 Å². The van der Waals surface area contributed by atoms with E-state index < -0.39 is 0 Å². The molecule has 0 aliphatic rings. The van der Waals surface area contributed by atoms with E-state index in [-0.39, 0.29) is 5.41 Å². The van der Waals surface area contributed by atoms with Crippen molar-refractivity contribution in [2.45, 2.75) is 26.2 Å². The fraction of sp³-hybridized carbons (Fsp3) is 0.308. The Morgan fingerprint density at radius 3 is 2.56 bits per heavy atom. The highest BCUT2D eigenvalue weighted by atomic mass is 79.9. The van der Waals surface area contributed by atoms with Gasteiger partial charge in [0, 0.05) is 15.6 Å². The van der Waals surface area contributed by atoms with Crippen LogP contribution in [0.2, 0.25) is 0 Å². The molecule has 0 unspecified atom stereocenters. The van der Waals surface area contributed by atoms with Crippen LogP contribution in [0.4, 0.5) is 0 Å². The minimum absolute atomic E-state index is 0.114. The fourth-order valence-corrected chi connectivity index (χ4v) is 3.37. The maximum absolute atomic E-state index is 11.0. The summed E-state index contributed by atoms with van der Waals surface area (Å²) in [4.78, 5) is 11.0. The second-order valence-electron chi connectivity index (χ2n) is 4.87. The Morgan fingerprint density at radius 2 is 2.00 bits per heavy atom. The Labute approximate surface area is 108 Å². The van der Waals surface area contributed by atoms with E-state index >= 15 is 0 Å². The van der Waals surface area contributed by atoms with Crippen molar-refractivity contribution in [3.63, 3.8) is 0 Å². The quantitative estimate of drug-likeness (QED) is 0.693. The molecule has 0 radical (unpaired) electrons. The van der Waals surface area contributed by atoms with Crippen molar-refractivity contribution < 1.29 is 4.79 Å². The second kappa shape index (κ2) is 3.97. The molecule has 2 rings (SSSR count). The summed E-state index contributed by atoms with van der Waals surface area (Å²) in [5, 5.41) is 1.05. The van der Waals surface area contributed by atoms with Crippen LogP contribution in [0.3, 0.4) is 0 Å². The zero-order valence-corrected chi connectivity index (χ0v) is 11.9. The van der Waals surface area contributed by atoms with Crippen LogP contribution in [-0.4, -0.2) is 6.29 Å². The topological polar surface area (TPSA) is 17.1 Å². The first-order chi connectivity index (χ1) is 7.43. The van der Waals surface area contributed by atoms with Gasteiger partial charge in [0.05, 0.1) is 3.79 Å². The van der Waals surface area contributed by atoms with Gasteiger partial charge < -0.3 is 0 Å². The summed E-state index contributed by atoms with van der Waals surface area (Å²) < 4.78 is 2.07. The van der Waals surface area contributed by atoms with Crippen LogP contribution in [0.5, 0.6) is 0 Å². The highest BCUT2D eigenvalue weighted by molar-refractivity contribution is 9.11. The van der Waals surface area contributed by atoms with Crippen LogP contribution in [0.15, 0.2) is 22.0 Å². The second-order valence-corrected chi connectivity index (χ2v) is 7.24. The molecule has 1 aromatic carbocycles. The molecule has 16 heavy (non-hydrogen) atoms. The fourth-order valence-electron chi connectivity index (χ4n) is 1.66. The maximum atomic E-state index is 11.0. The molecule has 3 heteroatoms. The van der Waals surface area contributed by atoms with E-state index in [1.807, 2.05) is 0 Å². The van der Waals surface area contributed by atoms with E-state index in [2.05, 4.69) is 54.9 Å². The van der Waals surface area contributed by atoms with Gasteiger partial charge in [-0.25, -0.2) is 0 Å². The Kier molecular flexibility index (Phi) is 2.93. The number of hydrogen-bond acceptors (Lipinski definition) is 2. The lowest BCUT2D eigenvalue weighted by atomic mass is 9.86. The summed E-state index contributed by atoms with van der Waals surface area (Å²) in [7, 11) is 0. The standard InChI is InChI=1S/C13H13BrOS/c1-13(2,3)8-4-5-11-9(6-8)10(7-15)12(14)16-11/h4-7H,1-3H3. The molecule has 0 saturated heterocycles. The molecule has 0 fully saturated rings. The summed E-state index contributed by atoms with van der Waals surface area (Å²) in [5.41, 5.74) is 2.14. The smallest absolute Gasteiger partial charge is 0.152 e. The summed E-state index contributed by atoms with van der Waals surface area (Å²) in [6.07, 6.45) is 0.926. The van der Waals surface area contributed by atoms with Gasteiger partial charge in [-0.1, -0.05) is 26.8 Å². The first-order valence-corrected chi connectivity index (χ1v) is 6.72. The number of rotatable bonds is 1. The van der Waals surface area contributed by atoms with Gasteiger partial charge in [0.1, 0.15) is 0 Å². The Bertz CT molecular complexity index is 549. The molecule has 0 aliphatic carbocycles. The van der Waals surface area contributed by atoms with Gasteiger partial charge in [-0.15, -0.1) is 11.3 Å². The normalized spacial score (nSPS) is 12.0. The first kappa shape index (κ1) is 11.8. The average molecular weight is 297 g/mol. The first-order valence-electron chi connectivity index (χ1n) is 5.11. The third-order valence-corrected chi connectivity index (χ3v) is 4.55. The maximum Gasteiger partial charge on any atom is 0.152 e. The minimum Gasteiger partial charge on any atom is -0.298 e. The minimum atomic E-state index is 0.114. The molecule has 0 amide bonds. The summed E-state index contributed by atoms with van der Waals surface area (Å²) in [5.74, 6) is 0. The number of hydrogen-bond donors (Lipinski definition) is 0. The van der Waals surface area contributed by atoms with Crippen molar-refractivity contribution in [2.75, 3.05) is 0 Å². The molecule has 1 aromatic heterocycles. The van der Waals surface area contributed by atoms with Crippen molar-refractivity contribution in [1.82, 2.24) is 0 Å². The molecule has 2 aromatic rings. The lowest BCUT2D eigenvalue weighted by Gasteiger charge is -2.18. The van der Waals surface area contributed by atoms with Gasteiger partial charge in [-0.3, -0.25) is 4.79 Å². The van der Waals surface area contributed by atoms with E-state index in [1.165, 1.54) is 5.56 Å². The van der Waals surface area contributed by atoms with Gasteiger partial charge in [-0.05, 0) is 39.0 Å². The van der Waals surface area contributed by atoms with Gasteiger partial charge in [-0.2, -0.15) is 0 Å². The van der Waals surface area contributed by atoms with Crippen molar-refractivity contribution in [3.05, 3.63) is 33.1 Å². The Balaban J connectivity index is 2.73. The van der Waals surface area contributed by atoms with E-state index in [0.717, 1.165) is 25.7 Å². The molecular weight excluding hydrogens is 284 g/mol. The molecule has 84 valence electrons. The van der Waals surface area contributed by atoms with Crippen LogP contribution in [0, 0.1) is 0 Å². The zero-order valence-electron chi connectivity index (χ0n) is 9.50. The van der Waals surface area contributed by atoms with Crippen molar-refractivity contribution >= 4 is 43.6 Å². The van der Waals surface area contributed by atoms with Crippen molar-refractivity contribution in [3.8, 4) is 0 Å². The molecular formula is C13H13BrOS. The van der Waals surface area contributed by atoms with E-state index in [1.54, 1.807) is 11.3 Å². The summed E-state index contributed by atoms with van der Waals surface area (Å²) in [6, 6.07) is 6.36. The van der Waals surface area contributed by atoms with Crippen LogP contribution < -0.4 is 0 Å². The molecule has 1 heterocycles. The van der Waals surface area contributed by atoms with Crippen LogP contribution in [0.25, 0.3) is 10.1 Å². The zero-order chi connectivity index (χ0) is 11.9. The largest absolute Gasteiger partial charge is 0.298 e.